The second kappa shape index (κ2) is 8.91. The number of methoxy groups -OCH3 is 1. The molecule has 112 valence electrons. The van der Waals surface area contributed by atoms with Gasteiger partial charge in [-0.2, -0.15) is 15.5 Å². The first kappa shape index (κ1) is 21.2. The van der Waals surface area contributed by atoms with Crippen molar-refractivity contribution in [1.29, 1.82) is 5.26 Å². The fourth-order valence-corrected chi connectivity index (χ4v) is 1.66. The molecule has 1 rings (SSSR count). The lowest BCUT2D eigenvalue weighted by Gasteiger charge is -2.28. The number of hydrogen-bond acceptors (Lipinski definition) is 4. The number of halogens is 2. The molecule has 1 atom stereocenters. The SMILES string of the molecule is COC(C)(C)CC(C)(C#N)N=Nc1ccccc1.Cl.Cl. The Kier molecular flexibility index (Phi) is 9.42. The first-order valence-electron chi connectivity index (χ1n) is 5.85. The minimum atomic E-state index is -0.880. The first-order valence-corrected chi connectivity index (χ1v) is 5.85. The Hall–Kier alpha value is -1.15. The molecule has 0 aromatic heterocycles. The number of nitriles is 1. The monoisotopic (exact) mass is 317 g/mol. The van der Waals surface area contributed by atoms with Gasteiger partial charge in [0, 0.05) is 13.5 Å². The number of nitrogens with zero attached hydrogens (tertiary/aromatic N) is 3. The highest BCUT2D eigenvalue weighted by molar-refractivity contribution is 5.85. The van der Waals surface area contributed by atoms with Crippen molar-refractivity contribution in [2.24, 2.45) is 10.2 Å². The molecular formula is C14H21Cl2N3O. The Labute approximate surface area is 133 Å². The zero-order chi connectivity index (χ0) is 13.6. The van der Waals surface area contributed by atoms with Gasteiger partial charge in [-0.15, -0.1) is 24.8 Å². The number of hydrogen-bond donors (Lipinski definition) is 0. The zero-order valence-electron chi connectivity index (χ0n) is 12.2. The Morgan fingerprint density at radius 2 is 1.70 bits per heavy atom. The van der Waals surface area contributed by atoms with Gasteiger partial charge in [0.15, 0.2) is 5.54 Å². The molecule has 0 saturated heterocycles. The van der Waals surface area contributed by atoms with Gasteiger partial charge in [-0.25, -0.2) is 0 Å². The molecule has 0 fully saturated rings. The maximum absolute atomic E-state index is 9.26. The van der Waals surface area contributed by atoms with Gasteiger partial charge in [-0.05, 0) is 32.9 Å². The van der Waals surface area contributed by atoms with Crippen LogP contribution in [0.1, 0.15) is 27.2 Å². The molecule has 6 heteroatoms. The van der Waals surface area contributed by atoms with Crippen LogP contribution in [0.15, 0.2) is 40.6 Å². The van der Waals surface area contributed by atoms with Crippen molar-refractivity contribution in [3.8, 4) is 6.07 Å². The van der Waals surface area contributed by atoms with E-state index >= 15 is 0 Å². The standard InChI is InChI=1S/C14H19N3O.2ClH/c1-13(2,18-4)10-14(3,11-15)17-16-12-8-6-5-7-9-12;;/h5-9H,10H2,1-4H3;2*1H. The molecule has 0 bridgehead atoms. The maximum Gasteiger partial charge on any atom is 0.167 e. The zero-order valence-corrected chi connectivity index (χ0v) is 13.8. The lowest BCUT2D eigenvalue weighted by Crippen LogP contribution is -2.34. The molecule has 4 nitrogen and oxygen atoms in total. The third kappa shape index (κ3) is 6.85. The van der Waals surface area contributed by atoms with Crippen LogP contribution in [-0.4, -0.2) is 18.2 Å². The van der Waals surface area contributed by atoms with Gasteiger partial charge >= 0.3 is 0 Å². The van der Waals surface area contributed by atoms with E-state index in [9.17, 15) is 5.26 Å². The molecule has 0 N–H and O–H groups in total. The van der Waals surface area contributed by atoms with E-state index < -0.39 is 11.1 Å². The van der Waals surface area contributed by atoms with Crippen molar-refractivity contribution in [3.05, 3.63) is 30.3 Å². The smallest absolute Gasteiger partial charge is 0.167 e. The van der Waals surface area contributed by atoms with E-state index in [1.54, 1.807) is 14.0 Å². The van der Waals surface area contributed by atoms with Crippen LogP contribution in [0.3, 0.4) is 0 Å². The molecule has 0 radical (unpaired) electrons. The van der Waals surface area contributed by atoms with Crippen molar-refractivity contribution >= 4 is 30.5 Å². The van der Waals surface area contributed by atoms with Gasteiger partial charge in [0.05, 0.1) is 17.4 Å². The van der Waals surface area contributed by atoms with Crippen LogP contribution >= 0.6 is 24.8 Å². The minimum Gasteiger partial charge on any atom is -0.379 e. The molecule has 1 unspecified atom stereocenters. The van der Waals surface area contributed by atoms with Gasteiger partial charge in [-0.3, -0.25) is 0 Å². The molecule has 0 aliphatic heterocycles. The summed E-state index contributed by atoms with van der Waals surface area (Å²) in [6.45, 7) is 5.63. The Bertz CT molecular complexity index is 457. The van der Waals surface area contributed by atoms with Crippen LogP contribution in [0.2, 0.25) is 0 Å². The van der Waals surface area contributed by atoms with Crippen LogP contribution < -0.4 is 0 Å². The van der Waals surface area contributed by atoms with Crippen molar-refractivity contribution in [1.82, 2.24) is 0 Å². The fourth-order valence-electron chi connectivity index (χ4n) is 1.66. The molecule has 20 heavy (non-hydrogen) atoms. The van der Waals surface area contributed by atoms with E-state index in [2.05, 4.69) is 16.3 Å². The quantitative estimate of drug-likeness (QED) is 0.738. The van der Waals surface area contributed by atoms with E-state index in [0.29, 0.717) is 6.42 Å². The van der Waals surface area contributed by atoms with E-state index in [0.717, 1.165) is 5.69 Å². The summed E-state index contributed by atoms with van der Waals surface area (Å²) in [4.78, 5) is 0. The highest BCUT2D eigenvalue weighted by Crippen LogP contribution is 2.27. The summed E-state index contributed by atoms with van der Waals surface area (Å²) < 4.78 is 5.33. The Morgan fingerprint density at radius 1 is 1.15 bits per heavy atom. The molecular weight excluding hydrogens is 297 g/mol. The predicted molar refractivity (Wildman–Crippen MR) is 85.2 cm³/mol. The summed E-state index contributed by atoms with van der Waals surface area (Å²) in [6.07, 6.45) is 0.489. The maximum atomic E-state index is 9.26. The molecule has 0 aliphatic carbocycles. The molecule has 0 aliphatic rings. The lowest BCUT2D eigenvalue weighted by atomic mass is 9.90. The molecule has 0 heterocycles. The highest BCUT2D eigenvalue weighted by atomic mass is 35.5. The Morgan fingerprint density at radius 3 is 2.15 bits per heavy atom. The van der Waals surface area contributed by atoms with Crippen molar-refractivity contribution in [2.75, 3.05) is 7.11 Å². The van der Waals surface area contributed by atoms with Gasteiger partial charge in [0.25, 0.3) is 0 Å². The first-order chi connectivity index (χ1) is 8.41. The third-order valence-corrected chi connectivity index (χ3v) is 2.71. The average molecular weight is 318 g/mol. The van der Waals surface area contributed by atoms with Gasteiger partial charge in [0.1, 0.15) is 0 Å². The summed E-state index contributed by atoms with van der Waals surface area (Å²) in [5.74, 6) is 0. The average Bonchev–Trinajstić information content (AvgIpc) is 2.37. The summed E-state index contributed by atoms with van der Waals surface area (Å²) in [5, 5.41) is 17.5. The summed E-state index contributed by atoms with van der Waals surface area (Å²) in [7, 11) is 1.63. The summed E-state index contributed by atoms with van der Waals surface area (Å²) >= 11 is 0. The van der Waals surface area contributed by atoms with Crippen molar-refractivity contribution in [2.45, 2.75) is 38.3 Å². The van der Waals surface area contributed by atoms with E-state index in [-0.39, 0.29) is 24.8 Å². The third-order valence-electron chi connectivity index (χ3n) is 2.71. The van der Waals surface area contributed by atoms with Crippen molar-refractivity contribution < 1.29 is 4.74 Å². The van der Waals surface area contributed by atoms with Gasteiger partial charge in [0.2, 0.25) is 0 Å². The van der Waals surface area contributed by atoms with Gasteiger partial charge < -0.3 is 4.74 Å². The molecule has 0 saturated carbocycles. The fraction of sp³-hybridized carbons (Fsp3) is 0.500. The summed E-state index contributed by atoms with van der Waals surface area (Å²) in [5.41, 5.74) is -0.538. The molecule has 1 aromatic carbocycles. The van der Waals surface area contributed by atoms with Crippen LogP contribution in [-0.2, 0) is 4.74 Å². The van der Waals surface area contributed by atoms with E-state index in [1.165, 1.54) is 0 Å². The van der Waals surface area contributed by atoms with Crippen LogP contribution in [0.5, 0.6) is 0 Å². The second-order valence-corrected chi connectivity index (χ2v) is 5.06. The molecule has 1 aromatic rings. The topological polar surface area (TPSA) is 57.7 Å². The van der Waals surface area contributed by atoms with E-state index in [1.807, 2.05) is 44.2 Å². The lowest BCUT2D eigenvalue weighted by molar-refractivity contribution is 0.00493. The Balaban J connectivity index is 0. The van der Waals surface area contributed by atoms with Crippen LogP contribution in [0.4, 0.5) is 5.69 Å². The van der Waals surface area contributed by atoms with Crippen LogP contribution in [0.25, 0.3) is 0 Å². The van der Waals surface area contributed by atoms with Crippen molar-refractivity contribution in [3.63, 3.8) is 0 Å². The van der Waals surface area contributed by atoms with Crippen LogP contribution in [0, 0.1) is 11.3 Å². The largest absolute Gasteiger partial charge is 0.379 e. The predicted octanol–water partition coefficient (Wildman–Crippen LogP) is 4.71. The second-order valence-electron chi connectivity index (χ2n) is 5.06. The molecule has 0 spiro atoms. The number of azo groups is 1. The number of rotatable bonds is 5. The number of ether oxygens (including phenoxy) is 1. The summed E-state index contributed by atoms with van der Waals surface area (Å²) in [6, 6.07) is 11.6. The number of benzene rings is 1. The highest BCUT2D eigenvalue weighted by Gasteiger charge is 2.32. The van der Waals surface area contributed by atoms with E-state index in [4.69, 9.17) is 4.74 Å². The normalized spacial score (nSPS) is 13.8. The molecule has 0 amide bonds. The minimum absolute atomic E-state index is 0. The van der Waals surface area contributed by atoms with Gasteiger partial charge in [-0.1, -0.05) is 18.2 Å².